The van der Waals surface area contributed by atoms with Gasteiger partial charge in [-0.25, -0.2) is 14.4 Å². The largest absolute Gasteiger partial charge is 0.506 e. The number of fused-ring (bicyclic) bond motifs is 1. The first-order chi connectivity index (χ1) is 15.5. The van der Waals surface area contributed by atoms with E-state index in [4.69, 9.17) is 11.6 Å². The monoisotopic (exact) mass is 455 g/mol. The molecule has 1 aromatic heterocycles. The summed E-state index contributed by atoms with van der Waals surface area (Å²) in [5.74, 6) is -0.542. The van der Waals surface area contributed by atoms with Gasteiger partial charge in [0, 0.05) is 29.8 Å². The molecule has 2 aromatic carbocycles. The van der Waals surface area contributed by atoms with Crippen molar-refractivity contribution in [3.8, 4) is 5.75 Å². The highest BCUT2D eigenvalue weighted by Gasteiger charge is 2.12. The maximum absolute atomic E-state index is 13.4. The number of halogens is 2. The molecule has 9 heteroatoms. The number of carbonyl (C=O) groups is 1. The van der Waals surface area contributed by atoms with Crippen molar-refractivity contribution in [2.24, 2.45) is 0 Å². The number of nitrogens with zero attached hydrogens (tertiary/aromatic N) is 3. The minimum Gasteiger partial charge on any atom is -0.506 e. The first kappa shape index (κ1) is 22.0. The summed E-state index contributed by atoms with van der Waals surface area (Å²) in [7, 11) is 0. The summed E-state index contributed by atoms with van der Waals surface area (Å²) in [6.45, 7) is 2.82. The Kier molecular flexibility index (Phi) is 6.82. The molecular weight excluding hydrogens is 433 g/mol. The molecule has 0 unspecified atom stereocenters. The molecule has 4 rings (SSSR count). The number of phenols is 1. The van der Waals surface area contributed by atoms with Gasteiger partial charge in [0.1, 0.15) is 23.7 Å². The van der Waals surface area contributed by atoms with Crippen molar-refractivity contribution >= 4 is 45.6 Å². The zero-order valence-electron chi connectivity index (χ0n) is 17.3. The predicted octanol–water partition coefficient (Wildman–Crippen LogP) is 4.85. The van der Waals surface area contributed by atoms with Crippen molar-refractivity contribution < 1.29 is 14.3 Å². The first-order valence-corrected chi connectivity index (χ1v) is 10.8. The van der Waals surface area contributed by atoms with Gasteiger partial charge in [-0.1, -0.05) is 24.1 Å². The van der Waals surface area contributed by atoms with Crippen LogP contribution in [0.3, 0.4) is 0 Å². The second kappa shape index (κ2) is 9.93. The maximum atomic E-state index is 13.4. The molecule has 1 saturated heterocycles. The minimum absolute atomic E-state index is 0.0182. The number of rotatable bonds is 6. The summed E-state index contributed by atoms with van der Waals surface area (Å²) in [6, 6.07) is 7.27. The first-order valence-electron chi connectivity index (χ1n) is 10.4. The fourth-order valence-corrected chi connectivity index (χ4v) is 3.81. The van der Waals surface area contributed by atoms with E-state index in [1.807, 2.05) is 6.08 Å². The van der Waals surface area contributed by atoms with Gasteiger partial charge < -0.3 is 15.7 Å². The van der Waals surface area contributed by atoms with Crippen LogP contribution in [0, 0.1) is 5.82 Å². The summed E-state index contributed by atoms with van der Waals surface area (Å²) >= 11 is 5.86. The summed E-state index contributed by atoms with van der Waals surface area (Å²) < 4.78 is 13.4. The zero-order chi connectivity index (χ0) is 22.5. The van der Waals surface area contributed by atoms with Gasteiger partial charge in [0.25, 0.3) is 0 Å². The van der Waals surface area contributed by atoms with Crippen molar-refractivity contribution in [2.75, 3.05) is 30.3 Å². The Morgan fingerprint density at radius 1 is 1.19 bits per heavy atom. The predicted molar refractivity (Wildman–Crippen MR) is 124 cm³/mol. The molecule has 2 heterocycles. The number of nitrogens with one attached hydrogen (secondary N) is 2. The van der Waals surface area contributed by atoms with Gasteiger partial charge in [0.15, 0.2) is 0 Å². The van der Waals surface area contributed by atoms with E-state index < -0.39 is 5.82 Å². The lowest BCUT2D eigenvalue weighted by Gasteiger charge is -2.24. The molecule has 0 spiro atoms. The number of aromatic nitrogens is 2. The smallest absolute Gasteiger partial charge is 0.248 e. The molecule has 0 bridgehead atoms. The van der Waals surface area contributed by atoms with Crippen LogP contribution < -0.4 is 10.6 Å². The van der Waals surface area contributed by atoms with Crippen LogP contribution in [0.15, 0.2) is 48.8 Å². The van der Waals surface area contributed by atoms with Gasteiger partial charge in [-0.2, -0.15) is 0 Å². The second-order valence-electron chi connectivity index (χ2n) is 7.62. The summed E-state index contributed by atoms with van der Waals surface area (Å²) in [6.07, 6.45) is 8.28. The van der Waals surface area contributed by atoms with E-state index in [0.717, 1.165) is 19.6 Å². The zero-order valence-corrected chi connectivity index (χ0v) is 18.1. The number of benzene rings is 2. The van der Waals surface area contributed by atoms with E-state index in [2.05, 4.69) is 25.5 Å². The van der Waals surface area contributed by atoms with E-state index in [-0.39, 0.29) is 22.4 Å². The number of amides is 1. The normalized spacial score (nSPS) is 14.7. The molecule has 32 heavy (non-hydrogen) atoms. The molecule has 7 nitrogen and oxygen atoms in total. The van der Waals surface area contributed by atoms with E-state index in [9.17, 15) is 14.3 Å². The van der Waals surface area contributed by atoms with Crippen molar-refractivity contribution in [1.82, 2.24) is 14.9 Å². The second-order valence-corrected chi connectivity index (χ2v) is 8.02. The molecule has 166 valence electrons. The Labute approximate surface area is 189 Å². The third-order valence-corrected chi connectivity index (χ3v) is 5.56. The third-order valence-electron chi connectivity index (χ3n) is 5.27. The molecule has 0 radical (unpaired) electrons. The SMILES string of the molecule is O=C(/C=C/CN1CCCCC1)Nc1cc2c(Nc3ccc(F)c(Cl)c3)ncnc2cc1O. The Bertz CT molecular complexity index is 1160. The molecule has 1 aliphatic rings. The number of likely N-dealkylation sites (tertiary alicyclic amines) is 1. The highest BCUT2D eigenvalue weighted by Crippen LogP contribution is 2.33. The molecule has 0 aliphatic carbocycles. The highest BCUT2D eigenvalue weighted by molar-refractivity contribution is 6.31. The van der Waals surface area contributed by atoms with Gasteiger partial charge in [-0.15, -0.1) is 0 Å². The van der Waals surface area contributed by atoms with E-state index in [1.165, 1.54) is 55.9 Å². The number of aromatic hydroxyl groups is 1. The molecule has 1 aliphatic heterocycles. The van der Waals surface area contributed by atoms with Crippen LogP contribution in [-0.2, 0) is 4.79 Å². The van der Waals surface area contributed by atoms with Crippen LogP contribution in [0.1, 0.15) is 19.3 Å². The fourth-order valence-electron chi connectivity index (χ4n) is 3.63. The molecule has 3 aromatic rings. The van der Waals surface area contributed by atoms with Crippen LogP contribution in [0.4, 0.5) is 21.6 Å². The van der Waals surface area contributed by atoms with E-state index in [1.54, 1.807) is 6.07 Å². The lowest BCUT2D eigenvalue weighted by molar-refractivity contribution is -0.111. The third kappa shape index (κ3) is 5.33. The molecular formula is C23H23ClFN5O2. The highest BCUT2D eigenvalue weighted by atomic mass is 35.5. The van der Waals surface area contributed by atoms with Crippen LogP contribution in [0.25, 0.3) is 10.9 Å². The van der Waals surface area contributed by atoms with Crippen LogP contribution in [-0.4, -0.2) is 45.5 Å². The molecule has 1 fully saturated rings. The Balaban J connectivity index is 1.51. The van der Waals surface area contributed by atoms with Crippen LogP contribution in [0.5, 0.6) is 5.75 Å². The summed E-state index contributed by atoms with van der Waals surface area (Å²) in [4.78, 5) is 23.1. The van der Waals surface area contributed by atoms with Gasteiger partial charge in [0.2, 0.25) is 5.91 Å². The number of hydrogen-bond acceptors (Lipinski definition) is 6. The molecule has 0 atom stereocenters. The molecule has 3 N–H and O–H groups in total. The van der Waals surface area contributed by atoms with Crippen molar-refractivity contribution in [3.05, 3.63) is 59.7 Å². The average molecular weight is 456 g/mol. The Hall–Kier alpha value is -3.23. The number of phenolic OH excluding ortho intramolecular Hbond substituents is 1. The standard InChI is InChI=1S/C23H23ClFN5O2/c24-17-11-15(6-7-18(17)25)28-23-16-12-20(21(31)13-19(16)26-14-27-23)29-22(32)5-4-10-30-8-2-1-3-9-30/h4-7,11-14,31H,1-3,8-10H2,(H,29,32)(H,26,27,28)/b5-4+. The number of carbonyl (C=O) groups excluding carboxylic acids is 1. The number of anilines is 3. The molecule has 0 saturated carbocycles. The lowest BCUT2D eigenvalue weighted by Crippen LogP contribution is -2.29. The minimum atomic E-state index is -0.520. The topological polar surface area (TPSA) is 90.4 Å². The van der Waals surface area contributed by atoms with Gasteiger partial charge in [0.05, 0.1) is 16.2 Å². The van der Waals surface area contributed by atoms with Gasteiger partial charge in [-0.3, -0.25) is 9.69 Å². The van der Waals surface area contributed by atoms with Crippen molar-refractivity contribution in [3.63, 3.8) is 0 Å². The maximum Gasteiger partial charge on any atom is 0.248 e. The van der Waals surface area contributed by atoms with Crippen molar-refractivity contribution in [1.29, 1.82) is 0 Å². The summed E-state index contributed by atoms with van der Waals surface area (Å²) in [5, 5.41) is 16.7. The number of hydrogen-bond donors (Lipinski definition) is 3. The van der Waals surface area contributed by atoms with Crippen LogP contribution in [0.2, 0.25) is 5.02 Å². The van der Waals surface area contributed by atoms with E-state index in [0.29, 0.717) is 22.4 Å². The van der Waals surface area contributed by atoms with Gasteiger partial charge in [-0.05, 0) is 50.2 Å². The number of piperidine rings is 1. The quantitative estimate of drug-likeness (QED) is 0.363. The fraction of sp³-hybridized carbons (Fsp3) is 0.261. The Morgan fingerprint density at radius 3 is 2.78 bits per heavy atom. The molecule has 1 amide bonds. The average Bonchev–Trinajstić information content (AvgIpc) is 2.78. The lowest BCUT2D eigenvalue weighted by atomic mass is 10.1. The Morgan fingerprint density at radius 2 is 2.00 bits per heavy atom. The van der Waals surface area contributed by atoms with Crippen LogP contribution >= 0.6 is 11.6 Å². The van der Waals surface area contributed by atoms with Gasteiger partial charge >= 0.3 is 0 Å². The summed E-state index contributed by atoms with van der Waals surface area (Å²) in [5.41, 5.74) is 1.25. The van der Waals surface area contributed by atoms with Crippen molar-refractivity contribution in [2.45, 2.75) is 19.3 Å². The van der Waals surface area contributed by atoms with E-state index >= 15 is 0 Å².